The van der Waals surface area contributed by atoms with E-state index in [1.165, 1.54) is 0 Å². The lowest BCUT2D eigenvalue weighted by molar-refractivity contribution is -0.127. The highest BCUT2D eigenvalue weighted by Crippen LogP contribution is 2.17. The van der Waals surface area contributed by atoms with Crippen LogP contribution in [-0.4, -0.2) is 13.6 Å². The van der Waals surface area contributed by atoms with Crippen molar-refractivity contribution in [2.45, 2.75) is 13.2 Å². The maximum Gasteiger partial charge on any atom is 0.716 e. The molecule has 0 aromatic heterocycles. The van der Waals surface area contributed by atoms with Crippen molar-refractivity contribution >= 4 is 7.32 Å². The molecule has 1 aromatic carbocycles. The van der Waals surface area contributed by atoms with Gasteiger partial charge in [-0.3, -0.25) is 0 Å². The third-order valence-electron chi connectivity index (χ3n) is 1.58. The SMILES string of the molecule is CC1OB(Oc2ccccc2)O1. The summed E-state index contributed by atoms with van der Waals surface area (Å²) in [5.41, 5.74) is 0. The molecule has 1 aliphatic heterocycles. The Morgan fingerprint density at radius 3 is 2.50 bits per heavy atom. The summed E-state index contributed by atoms with van der Waals surface area (Å²) >= 11 is 0. The average Bonchev–Trinajstić information content (AvgIpc) is 2.04. The smallest absolute Gasteiger partial charge is 0.512 e. The molecule has 1 aromatic rings. The molecule has 0 amide bonds. The van der Waals surface area contributed by atoms with Gasteiger partial charge in [0.15, 0.2) is 0 Å². The zero-order chi connectivity index (χ0) is 8.39. The summed E-state index contributed by atoms with van der Waals surface area (Å²) in [4.78, 5) is 0. The van der Waals surface area contributed by atoms with Crippen molar-refractivity contribution in [1.82, 2.24) is 0 Å². The third kappa shape index (κ3) is 1.60. The molecule has 1 saturated heterocycles. The summed E-state index contributed by atoms with van der Waals surface area (Å²) in [5, 5.41) is 0. The predicted octanol–water partition coefficient (Wildman–Crippen LogP) is 1.44. The normalized spacial score (nSPS) is 17.2. The van der Waals surface area contributed by atoms with Crippen LogP contribution in [0.3, 0.4) is 0 Å². The first-order valence-corrected chi connectivity index (χ1v) is 3.87. The summed E-state index contributed by atoms with van der Waals surface area (Å²) in [6.07, 6.45) is -0.140. The van der Waals surface area contributed by atoms with Crippen LogP contribution < -0.4 is 4.65 Å². The molecule has 0 bridgehead atoms. The van der Waals surface area contributed by atoms with E-state index in [1.54, 1.807) is 0 Å². The van der Waals surface area contributed by atoms with Crippen molar-refractivity contribution in [3.05, 3.63) is 30.3 Å². The Balaban J connectivity index is 1.88. The van der Waals surface area contributed by atoms with Crippen molar-refractivity contribution in [2.75, 3.05) is 0 Å². The molecule has 3 nitrogen and oxygen atoms in total. The number of benzene rings is 1. The van der Waals surface area contributed by atoms with Crippen LogP contribution in [0.4, 0.5) is 0 Å². The number of rotatable bonds is 2. The summed E-state index contributed by atoms with van der Waals surface area (Å²) in [7, 11) is -0.526. The quantitative estimate of drug-likeness (QED) is 0.619. The van der Waals surface area contributed by atoms with Gasteiger partial charge in [0.1, 0.15) is 12.0 Å². The van der Waals surface area contributed by atoms with E-state index in [1.807, 2.05) is 37.3 Å². The highest BCUT2D eigenvalue weighted by atomic mass is 16.9. The van der Waals surface area contributed by atoms with Crippen LogP contribution in [0.5, 0.6) is 5.75 Å². The van der Waals surface area contributed by atoms with E-state index in [9.17, 15) is 0 Å². The molecule has 1 heterocycles. The fraction of sp³-hybridized carbons (Fsp3) is 0.250. The van der Waals surface area contributed by atoms with E-state index in [0.717, 1.165) is 5.75 Å². The van der Waals surface area contributed by atoms with Gasteiger partial charge < -0.3 is 14.0 Å². The van der Waals surface area contributed by atoms with Crippen molar-refractivity contribution in [1.29, 1.82) is 0 Å². The molecule has 12 heavy (non-hydrogen) atoms. The van der Waals surface area contributed by atoms with Gasteiger partial charge in [-0.2, -0.15) is 0 Å². The van der Waals surface area contributed by atoms with E-state index in [0.29, 0.717) is 0 Å². The van der Waals surface area contributed by atoms with Gasteiger partial charge in [0.2, 0.25) is 0 Å². The fourth-order valence-corrected chi connectivity index (χ4v) is 0.989. The molecule has 0 spiro atoms. The molecule has 0 atom stereocenters. The first-order chi connectivity index (χ1) is 5.84. The molecule has 0 radical (unpaired) electrons. The second-order valence-corrected chi connectivity index (χ2v) is 2.56. The molecule has 0 unspecified atom stereocenters. The highest BCUT2D eigenvalue weighted by Gasteiger charge is 2.38. The minimum atomic E-state index is -0.526. The second-order valence-electron chi connectivity index (χ2n) is 2.56. The summed E-state index contributed by atoms with van der Waals surface area (Å²) < 4.78 is 15.5. The van der Waals surface area contributed by atoms with Crippen LogP contribution in [0.1, 0.15) is 6.92 Å². The van der Waals surface area contributed by atoms with Crippen LogP contribution in [0.2, 0.25) is 0 Å². The molecule has 1 fully saturated rings. The van der Waals surface area contributed by atoms with Gasteiger partial charge in [0.05, 0.1) is 0 Å². The Bertz CT molecular complexity index is 246. The van der Waals surface area contributed by atoms with Gasteiger partial charge in [0, 0.05) is 0 Å². The van der Waals surface area contributed by atoms with E-state index in [2.05, 4.69) is 0 Å². The van der Waals surface area contributed by atoms with Gasteiger partial charge in [-0.05, 0) is 19.1 Å². The van der Waals surface area contributed by atoms with Crippen LogP contribution in [0.15, 0.2) is 30.3 Å². The van der Waals surface area contributed by atoms with Gasteiger partial charge in [0.25, 0.3) is 0 Å². The summed E-state index contributed by atoms with van der Waals surface area (Å²) in [5.74, 6) is 0.759. The van der Waals surface area contributed by atoms with Gasteiger partial charge >= 0.3 is 7.32 Å². The largest absolute Gasteiger partial charge is 0.716 e. The molecule has 2 rings (SSSR count). The van der Waals surface area contributed by atoms with E-state index in [4.69, 9.17) is 14.0 Å². The monoisotopic (exact) mass is 164 g/mol. The van der Waals surface area contributed by atoms with Crippen LogP contribution in [0, 0.1) is 0 Å². The maximum atomic E-state index is 5.28. The standard InChI is InChI=1S/C8H9BO3/c1-7-10-9(11-7)12-8-5-3-2-4-6-8/h2-7H,1H3. The molecule has 0 saturated carbocycles. The maximum absolute atomic E-state index is 5.28. The number of hydrogen-bond acceptors (Lipinski definition) is 3. The summed E-state index contributed by atoms with van der Waals surface area (Å²) in [6, 6.07) is 9.44. The molecule has 4 heteroatoms. The molecule has 0 aliphatic carbocycles. The van der Waals surface area contributed by atoms with Gasteiger partial charge in [-0.1, -0.05) is 18.2 Å². The zero-order valence-corrected chi connectivity index (χ0v) is 6.77. The molecule has 1 aliphatic rings. The first kappa shape index (κ1) is 7.64. The fourth-order valence-electron chi connectivity index (χ4n) is 0.989. The Kier molecular flexibility index (Phi) is 2.02. The topological polar surface area (TPSA) is 27.7 Å². The average molecular weight is 164 g/mol. The van der Waals surface area contributed by atoms with Crippen molar-refractivity contribution in [3.63, 3.8) is 0 Å². The Hall–Kier alpha value is -0.995. The molecule has 0 N–H and O–H groups in total. The second kappa shape index (κ2) is 3.17. The number of hydrogen-bond donors (Lipinski definition) is 0. The van der Waals surface area contributed by atoms with E-state index < -0.39 is 7.32 Å². The zero-order valence-electron chi connectivity index (χ0n) is 6.77. The van der Waals surface area contributed by atoms with Crippen LogP contribution in [0.25, 0.3) is 0 Å². The van der Waals surface area contributed by atoms with Crippen LogP contribution >= 0.6 is 0 Å². The minimum absolute atomic E-state index is 0.140. The van der Waals surface area contributed by atoms with Crippen LogP contribution in [-0.2, 0) is 9.31 Å². The Labute approximate surface area is 71.4 Å². The van der Waals surface area contributed by atoms with Gasteiger partial charge in [-0.25, -0.2) is 0 Å². The molecular weight excluding hydrogens is 155 g/mol. The Morgan fingerprint density at radius 2 is 1.92 bits per heavy atom. The van der Waals surface area contributed by atoms with Crippen molar-refractivity contribution in [2.24, 2.45) is 0 Å². The van der Waals surface area contributed by atoms with Gasteiger partial charge in [-0.15, -0.1) is 0 Å². The van der Waals surface area contributed by atoms with E-state index in [-0.39, 0.29) is 6.29 Å². The number of para-hydroxylation sites is 1. The highest BCUT2D eigenvalue weighted by molar-refractivity contribution is 6.39. The summed E-state index contributed by atoms with van der Waals surface area (Å²) in [6.45, 7) is 1.82. The van der Waals surface area contributed by atoms with E-state index >= 15 is 0 Å². The van der Waals surface area contributed by atoms with Crippen molar-refractivity contribution in [3.8, 4) is 5.75 Å². The Morgan fingerprint density at radius 1 is 1.25 bits per heavy atom. The lowest BCUT2D eigenvalue weighted by atomic mass is 10.1. The third-order valence-corrected chi connectivity index (χ3v) is 1.58. The molecule has 62 valence electrons. The lowest BCUT2D eigenvalue weighted by Crippen LogP contribution is -2.47. The first-order valence-electron chi connectivity index (χ1n) is 3.87. The molecular formula is C8H9BO3. The minimum Gasteiger partial charge on any atom is -0.512 e. The lowest BCUT2D eigenvalue weighted by Gasteiger charge is -2.29. The van der Waals surface area contributed by atoms with Crippen molar-refractivity contribution < 1.29 is 14.0 Å². The predicted molar refractivity (Wildman–Crippen MR) is 44.5 cm³/mol.